The Balaban J connectivity index is 1.17. The van der Waals surface area contributed by atoms with Crippen LogP contribution in [0.2, 0.25) is 0 Å². The van der Waals surface area contributed by atoms with Gasteiger partial charge in [-0.2, -0.15) is 0 Å². The molecule has 3 saturated carbocycles. The Hall–Kier alpha value is -2.04. The van der Waals surface area contributed by atoms with Crippen LogP contribution in [-0.4, -0.2) is 43.1 Å². The number of piperidine rings is 1. The molecule has 1 N–H and O–H groups in total. The zero-order valence-electron chi connectivity index (χ0n) is 15.9. The molecule has 1 aromatic carbocycles. The van der Waals surface area contributed by atoms with Gasteiger partial charge in [0.1, 0.15) is 0 Å². The predicted octanol–water partition coefficient (Wildman–Crippen LogP) is 3.19. The van der Waals surface area contributed by atoms with Crippen LogP contribution in [0.15, 0.2) is 24.3 Å². The van der Waals surface area contributed by atoms with Crippen molar-refractivity contribution >= 4 is 12.0 Å². The molecule has 1 aliphatic heterocycles. The molecule has 4 aliphatic rings. The van der Waals surface area contributed by atoms with E-state index in [9.17, 15) is 9.59 Å². The SMILES string of the molecule is COC(=O)NC1CC(C(=O)N2CCC3(c4cccc(C5CC5)c4)CC3C2)C1. The lowest BCUT2D eigenvalue weighted by molar-refractivity contribution is -0.140. The van der Waals surface area contributed by atoms with E-state index in [4.69, 9.17) is 0 Å². The molecule has 5 rings (SSSR count). The summed E-state index contributed by atoms with van der Waals surface area (Å²) in [7, 11) is 1.37. The maximum Gasteiger partial charge on any atom is 0.407 e. The Morgan fingerprint density at radius 2 is 2.07 bits per heavy atom. The second-order valence-corrected chi connectivity index (χ2v) is 8.99. The Morgan fingerprint density at radius 3 is 2.78 bits per heavy atom. The first-order valence-electron chi connectivity index (χ1n) is 10.3. The molecule has 0 radical (unpaired) electrons. The topological polar surface area (TPSA) is 58.6 Å². The van der Waals surface area contributed by atoms with E-state index in [1.165, 1.54) is 37.5 Å². The third-order valence-corrected chi connectivity index (χ3v) is 7.32. The summed E-state index contributed by atoms with van der Waals surface area (Å²) >= 11 is 0. The monoisotopic (exact) mass is 368 g/mol. The minimum absolute atomic E-state index is 0.0663. The Labute approximate surface area is 160 Å². The summed E-state index contributed by atoms with van der Waals surface area (Å²) in [5.74, 6) is 1.76. The van der Waals surface area contributed by atoms with E-state index in [1.54, 1.807) is 0 Å². The number of likely N-dealkylation sites (tertiary alicyclic amines) is 1. The van der Waals surface area contributed by atoms with Crippen LogP contribution in [0, 0.1) is 11.8 Å². The lowest BCUT2D eigenvalue weighted by Gasteiger charge is -2.40. The van der Waals surface area contributed by atoms with E-state index < -0.39 is 6.09 Å². The lowest BCUT2D eigenvalue weighted by Crippen LogP contribution is -2.52. The Morgan fingerprint density at radius 1 is 1.26 bits per heavy atom. The van der Waals surface area contributed by atoms with Crippen LogP contribution >= 0.6 is 0 Å². The number of amides is 2. The molecule has 144 valence electrons. The average Bonchev–Trinajstić information content (AvgIpc) is 3.56. The predicted molar refractivity (Wildman–Crippen MR) is 101 cm³/mol. The van der Waals surface area contributed by atoms with Crippen LogP contribution in [-0.2, 0) is 14.9 Å². The molecular weight excluding hydrogens is 340 g/mol. The highest BCUT2D eigenvalue weighted by molar-refractivity contribution is 5.80. The average molecular weight is 368 g/mol. The van der Waals surface area contributed by atoms with Gasteiger partial charge in [0.25, 0.3) is 0 Å². The number of rotatable bonds is 4. The minimum atomic E-state index is -0.403. The minimum Gasteiger partial charge on any atom is -0.453 e. The van der Waals surface area contributed by atoms with Crippen LogP contribution in [0.5, 0.6) is 0 Å². The van der Waals surface area contributed by atoms with Gasteiger partial charge in [0.05, 0.1) is 7.11 Å². The van der Waals surface area contributed by atoms with Crippen molar-refractivity contribution in [2.45, 2.75) is 55.9 Å². The molecule has 5 nitrogen and oxygen atoms in total. The Bertz CT molecular complexity index is 769. The maximum absolute atomic E-state index is 12.8. The number of nitrogens with one attached hydrogen (secondary N) is 1. The molecule has 1 heterocycles. The van der Waals surface area contributed by atoms with Gasteiger partial charge in [-0.3, -0.25) is 4.79 Å². The second kappa shape index (κ2) is 6.25. The molecular formula is C22H28N2O3. The number of methoxy groups -OCH3 is 1. The smallest absolute Gasteiger partial charge is 0.407 e. The van der Waals surface area contributed by atoms with Crippen molar-refractivity contribution < 1.29 is 14.3 Å². The first-order chi connectivity index (χ1) is 13.1. The molecule has 5 heteroatoms. The summed E-state index contributed by atoms with van der Waals surface area (Å²) in [6.45, 7) is 1.77. The molecule has 3 aliphatic carbocycles. The van der Waals surface area contributed by atoms with E-state index >= 15 is 0 Å². The molecule has 27 heavy (non-hydrogen) atoms. The molecule has 0 bridgehead atoms. The highest BCUT2D eigenvalue weighted by atomic mass is 16.5. The maximum atomic E-state index is 12.8. The van der Waals surface area contributed by atoms with Crippen LogP contribution in [0.3, 0.4) is 0 Å². The first-order valence-corrected chi connectivity index (χ1v) is 10.3. The van der Waals surface area contributed by atoms with Crippen LogP contribution < -0.4 is 5.32 Å². The second-order valence-electron chi connectivity index (χ2n) is 8.99. The van der Waals surface area contributed by atoms with Crippen LogP contribution in [0.25, 0.3) is 0 Å². The number of ether oxygens (including phenoxy) is 1. The largest absolute Gasteiger partial charge is 0.453 e. The van der Waals surface area contributed by atoms with Crippen LogP contribution in [0.4, 0.5) is 4.79 Å². The number of fused-ring (bicyclic) bond motifs is 1. The fraction of sp³-hybridized carbons (Fsp3) is 0.636. The van der Waals surface area contributed by atoms with Crippen molar-refractivity contribution in [2.75, 3.05) is 20.2 Å². The van der Waals surface area contributed by atoms with E-state index in [0.717, 1.165) is 38.3 Å². The highest BCUT2D eigenvalue weighted by Crippen LogP contribution is 2.60. The summed E-state index contributed by atoms with van der Waals surface area (Å²) in [6.07, 6.45) is 6.08. The van der Waals surface area contributed by atoms with Gasteiger partial charge in [0.15, 0.2) is 0 Å². The number of alkyl carbamates (subject to hydrolysis) is 1. The van der Waals surface area contributed by atoms with Crippen molar-refractivity contribution in [3.05, 3.63) is 35.4 Å². The number of hydrogen-bond donors (Lipinski definition) is 1. The number of carbonyl (C=O) groups excluding carboxylic acids is 2. The zero-order chi connectivity index (χ0) is 18.6. The zero-order valence-corrected chi connectivity index (χ0v) is 15.9. The van der Waals surface area contributed by atoms with Gasteiger partial charge in [-0.1, -0.05) is 24.3 Å². The van der Waals surface area contributed by atoms with E-state index in [0.29, 0.717) is 11.3 Å². The van der Waals surface area contributed by atoms with Gasteiger partial charge in [0, 0.05) is 30.5 Å². The Kier molecular flexibility index (Phi) is 3.95. The van der Waals surface area contributed by atoms with Gasteiger partial charge in [0.2, 0.25) is 5.91 Å². The van der Waals surface area contributed by atoms with E-state index in [1.807, 2.05) is 0 Å². The number of hydrogen-bond acceptors (Lipinski definition) is 3. The summed E-state index contributed by atoms with van der Waals surface area (Å²) < 4.78 is 4.62. The fourth-order valence-electron chi connectivity index (χ4n) is 5.26. The van der Waals surface area contributed by atoms with Crippen molar-refractivity contribution in [1.29, 1.82) is 0 Å². The van der Waals surface area contributed by atoms with Gasteiger partial charge >= 0.3 is 6.09 Å². The summed E-state index contributed by atoms with van der Waals surface area (Å²) in [5.41, 5.74) is 3.36. The molecule has 2 amide bonds. The molecule has 0 aromatic heterocycles. The van der Waals surface area contributed by atoms with Gasteiger partial charge < -0.3 is 15.0 Å². The number of nitrogens with zero attached hydrogens (tertiary/aromatic N) is 1. The van der Waals surface area contributed by atoms with Crippen LogP contribution in [0.1, 0.15) is 55.6 Å². The van der Waals surface area contributed by atoms with Crippen molar-refractivity contribution in [3.63, 3.8) is 0 Å². The summed E-state index contributed by atoms with van der Waals surface area (Å²) in [4.78, 5) is 26.2. The summed E-state index contributed by atoms with van der Waals surface area (Å²) in [6, 6.07) is 9.35. The highest BCUT2D eigenvalue weighted by Gasteiger charge is 2.58. The lowest BCUT2D eigenvalue weighted by atomic mass is 9.78. The van der Waals surface area contributed by atoms with Crippen molar-refractivity contribution in [2.24, 2.45) is 11.8 Å². The molecule has 2 unspecified atom stereocenters. The molecule has 4 fully saturated rings. The first kappa shape index (κ1) is 17.1. The van der Waals surface area contributed by atoms with E-state index in [2.05, 4.69) is 39.2 Å². The van der Waals surface area contributed by atoms with Gasteiger partial charge in [-0.25, -0.2) is 4.79 Å². The summed E-state index contributed by atoms with van der Waals surface area (Å²) in [5, 5.41) is 2.79. The number of benzene rings is 1. The van der Waals surface area contributed by atoms with Crippen molar-refractivity contribution in [1.82, 2.24) is 10.2 Å². The van der Waals surface area contributed by atoms with E-state index in [-0.39, 0.29) is 17.9 Å². The molecule has 2 atom stereocenters. The number of carbonyl (C=O) groups is 2. The van der Waals surface area contributed by atoms with Gasteiger partial charge in [-0.15, -0.1) is 0 Å². The molecule has 1 saturated heterocycles. The fourth-order valence-corrected chi connectivity index (χ4v) is 5.26. The third-order valence-electron chi connectivity index (χ3n) is 7.32. The standard InChI is InChI=1S/C22H28N2O3/c1-27-21(26)23-19-10-16(11-19)20(25)24-8-7-22(12-18(22)13-24)17-4-2-3-15(9-17)14-5-6-14/h2-4,9,14,16,18-19H,5-8,10-13H2,1H3,(H,23,26). The van der Waals surface area contributed by atoms with Crippen molar-refractivity contribution in [3.8, 4) is 0 Å². The normalized spacial score (nSPS) is 34.3. The molecule has 0 spiro atoms. The molecule has 1 aromatic rings. The third kappa shape index (κ3) is 3.01. The quantitative estimate of drug-likeness (QED) is 0.888. The van der Waals surface area contributed by atoms with Gasteiger partial charge in [-0.05, 0) is 61.5 Å².